The molecule has 2 aromatic rings. The highest BCUT2D eigenvalue weighted by molar-refractivity contribution is 6.05. The Morgan fingerprint density at radius 1 is 1.42 bits per heavy atom. The molecule has 4 nitrogen and oxygen atoms in total. The number of aryl methyl sites for hydroxylation is 1. The molecular weight excluding hydrogens is 240 g/mol. The fourth-order valence-electron chi connectivity index (χ4n) is 2.62. The first-order valence-corrected chi connectivity index (χ1v) is 6.42. The van der Waals surface area contributed by atoms with E-state index in [-0.39, 0.29) is 5.97 Å². The van der Waals surface area contributed by atoms with Crippen molar-refractivity contribution in [3.05, 3.63) is 40.6 Å². The van der Waals surface area contributed by atoms with Crippen molar-refractivity contribution in [2.24, 2.45) is 0 Å². The number of benzene rings is 1. The number of pyridine rings is 1. The van der Waals surface area contributed by atoms with E-state index in [9.17, 15) is 4.79 Å². The summed E-state index contributed by atoms with van der Waals surface area (Å²) in [6, 6.07) is 5.97. The lowest BCUT2D eigenvalue weighted by Gasteiger charge is -2.20. The number of hydrogen-bond donors (Lipinski definition) is 1. The molecule has 3 rings (SSSR count). The molecule has 19 heavy (non-hydrogen) atoms. The molecule has 0 saturated heterocycles. The molecule has 0 amide bonds. The third kappa shape index (κ3) is 1.98. The van der Waals surface area contributed by atoms with Crippen LogP contribution in [-0.4, -0.2) is 24.6 Å². The second kappa shape index (κ2) is 4.63. The molecule has 98 valence electrons. The highest BCUT2D eigenvalue weighted by Gasteiger charge is 2.22. The van der Waals surface area contributed by atoms with Crippen LogP contribution in [-0.2, 0) is 17.7 Å². The van der Waals surface area contributed by atoms with E-state index in [0.717, 1.165) is 40.7 Å². The minimum Gasteiger partial charge on any atom is -0.465 e. The average Bonchev–Trinajstić information content (AvgIpc) is 2.43. The van der Waals surface area contributed by atoms with Gasteiger partial charge in [0.1, 0.15) is 0 Å². The van der Waals surface area contributed by atoms with Gasteiger partial charge in [0.05, 0.1) is 18.2 Å². The van der Waals surface area contributed by atoms with Crippen LogP contribution in [0.3, 0.4) is 0 Å². The van der Waals surface area contributed by atoms with Crippen LogP contribution >= 0.6 is 0 Å². The first kappa shape index (κ1) is 12.1. The Hall–Kier alpha value is -1.94. The standard InChI is InChI=1S/C15H16N2O2/c1-9-3-4-10-13(7-9)17-12-5-6-16-8-11(12)14(10)15(18)19-2/h3-4,7,16H,5-6,8H2,1-2H3. The summed E-state index contributed by atoms with van der Waals surface area (Å²) < 4.78 is 4.95. The van der Waals surface area contributed by atoms with Crippen LogP contribution < -0.4 is 5.32 Å². The van der Waals surface area contributed by atoms with E-state index < -0.39 is 0 Å². The van der Waals surface area contributed by atoms with E-state index in [1.54, 1.807) is 0 Å². The molecule has 0 aliphatic carbocycles. The summed E-state index contributed by atoms with van der Waals surface area (Å²) in [5, 5.41) is 4.16. The van der Waals surface area contributed by atoms with Gasteiger partial charge >= 0.3 is 5.97 Å². The number of methoxy groups -OCH3 is 1. The number of rotatable bonds is 1. The molecule has 1 aliphatic heterocycles. The zero-order chi connectivity index (χ0) is 13.4. The quantitative estimate of drug-likeness (QED) is 0.793. The summed E-state index contributed by atoms with van der Waals surface area (Å²) in [7, 11) is 1.42. The van der Waals surface area contributed by atoms with E-state index in [1.165, 1.54) is 7.11 Å². The predicted molar refractivity (Wildman–Crippen MR) is 73.2 cm³/mol. The van der Waals surface area contributed by atoms with Crippen molar-refractivity contribution in [3.63, 3.8) is 0 Å². The molecule has 0 fully saturated rings. The Morgan fingerprint density at radius 2 is 2.26 bits per heavy atom. The summed E-state index contributed by atoms with van der Waals surface area (Å²) in [6.07, 6.45) is 0.850. The lowest BCUT2D eigenvalue weighted by molar-refractivity contribution is 0.0601. The Kier molecular flexibility index (Phi) is 2.95. The van der Waals surface area contributed by atoms with Crippen LogP contribution in [0.5, 0.6) is 0 Å². The van der Waals surface area contributed by atoms with Crippen molar-refractivity contribution >= 4 is 16.9 Å². The maximum Gasteiger partial charge on any atom is 0.338 e. The zero-order valence-corrected chi connectivity index (χ0v) is 11.1. The Bertz CT molecular complexity index is 665. The smallest absolute Gasteiger partial charge is 0.338 e. The van der Waals surface area contributed by atoms with Crippen molar-refractivity contribution in [3.8, 4) is 0 Å². The van der Waals surface area contributed by atoms with Gasteiger partial charge in [0.2, 0.25) is 0 Å². The minimum atomic E-state index is -0.281. The van der Waals surface area contributed by atoms with E-state index in [1.807, 2.05) is 25.1 Å². The monoisotopic (exact) mass is 256 g/mol. The number of carbonyl (C=O) groups excluding carboxylic acids is 1. The second-order valence-electron chi connectivity index (χ2n) is 4.85. The van der Waals surface area contributed by atoms with Crippen molar-refractivity contribution in [1.29, 1.82) is 0 Å². The van der Waals surface area contributed by atoms with Crippen LogP contribution in [0.4, 0.5) is 0 Å². The molecule has 1 aromatic heterocycles. The maximum absolute atomic E-state index is 12.1. The van der Waals surface area contributed by atoms with Crippen LogP contribution in [0.25, 0.3) is 10.9 Å². The Balaban J connectivity index is 2.36. The van der Waals surface area contributed by atoms with Gasteiger partial charge in [-0.2, -0.15) is 0 Å². The summed E-state index contributed by atoms with van der Waals surface area (Å²) in [5.41, 5.74) is 4.67. The third-order valence-electron chi connectivity index (χ3n) is 3.56. The fraction of sp³-hybridized carbons (Fsp3) is 0.333. The van der Waals surface area contributed by atoms with Crippen molar-refractivity contribution in [2.75, 3.05) is 13.7 Å². The number of nitrogens with zero attached hydrogens (tertiary/aromatic N) is 1. The molecule has 4 heteroatoms. The summed E-state index contributed by atoms with van der Waals surface area (Å²) in [5.74, 6) is -0.281. The van der Waals surface area contributed by atoms with Crippen molar-refractivity contribution in [1.82, 2.24) is 10.3 Å². The van der Waals surface area contributed by atoms with E-state index >= 15 is 0 Å². The summed E-state index contributed by atoms with van der Waals surface area (Å²) in [6.45, 7) is 3.61. The van der Waals surface area contributed by atoms with Gasteiger partial charge < -0.3 is 10.1 Å². The lowest BCUT2D eigenvalue weighted by atomic mass is 9.96. The maximum atomic E-state index is 12.1. The molecule has 0 bridgehead atoms. The van der Waals surface area contributed by atoms with Gasteiger partial charge in [-0.1, -0.05) is 12.1 Å². The molecule has 1 N–H and O–H groups in total. The van der Waals surface area contributed by atoms with Crippen LogP contribution in [0.2, 0.25) is 0 Å². The number of esters is 1. The zero-order valence-electron chi connectivity index (χ0n) is 11.1. The van der Waals surface area contributed by atoms with Crippen LogP contribution in [0.1, 0.15) is 27.2 Å². The molecule has 0 atom stereocenters. The van der Waals surface area contributed by atoms with Gasteiger partial charge in [0.15, 0.2) is 0 Å². The van der Waals surface area contributed by atoms with Gasteiger partial charge in [-0.25, -0.2) is 4.79 Å². The first-order valence-electron chi connectivity index (χ1n) is 6.42. The second-order valence-corrected chi connectivity index (χ2v) is 4.85. The van der Waals surface area contributed by atoms with Gasteiger partial charge in [-0.15, -0.1) is 0 Å². The lowest BCUT2D eigenvalue weighted by Crippen LogP contribution is -2.27. The first-order chi connectivity index (χ1) is 9.20. The number of carbonyl (C=O) groups is 1. The fourth-order valence-corrected chi connectivity index (χ4v) is 2.62. The SMILES string of the molecule is COC(=O)c1c2c(nc3cc(C)ccc13)CCNC2. The highest BCUT2D eigenvalue weighted by Crippen LogP contribution is 2.27. The van der Waals surface area contributed by atoms with Gasteiger partial charge in [0, 0.05) is 36.2 Å². The van der Waals surface area contributed by atoms with E-state index in [2.05, 4.69) is 5.32 Å². The number of aromatic nitrogens is 1. The molecule has 1 aromatic carbocycles. The molecular formula is C15H16N2O2. The average molecular weight is 256 g/mol. The summed E-state index contributed by atoms with van der Waals surface area (Å²) in [4.78, 5) is 16.8. The van der Waals surface area contributed by atoms with Crippen LogP contribution in [0.15, 0.2) is 18.2 Å². The Labute approximate surface area is 111 Å². The molecule has 1 aliphatic rings. The molecule has 0 unspecified atom stereocenters. The number of hydrogen-bond acceptors (Lipinski definition) is 4. The van der Waals surface area contributed by atoms with E-state index in [0.29, 0.717) is 12.1 Å². The van der Waals surface area contributed by atoms with Crippen molar-refractivity contribution < 1.29 is 9.53 Å². The number of fused-ring (bicyclic) bond motifs is 2. The van der Waals surface area contributed by atoms with Crippen LogP contribution in [0, 0.1) is 6.92 Å². The molecule has 0 radical (unpaired) electrons. The third-order valence-corrected chi connectivity index (χ3v) is 3.56. The van der Waals surface area contributed by atoms with E-state index in [4.69, 9.17) is 9.72 Å². The minimum absolute atomic E-state index is 0.281. The summed E-state index contributed by atoms with van der Waals surface area (Å²) >= 11 is 0. The van der Waals surface area contributed by atoms with Crippen molar-refractivity contribution in [2.45, 2.75) is 19.9 Å². The Morgan fingerprint density at radius 3 is 3.05 bits per heavy atom. The van der Waals surface area contributed by atoms with Gasteiger partial charge in [0.25, 0.3) is 0 Å². The van der Waals surface area contributed by atoms with Gasteiger partial charge in [-0.05, 0) is 18.6 Å². The normalized spacial score (nSPS) is 14.2. The predicted octanol–water partition coefficient (Wildman–Crippen LogP) is 1.98. The number of nitrogens with one attached hydrogen (secondary N) is 1. The molecule has 0 saturated carbocycles. The highest BCUT2D eigenvalue weighted by atomic mass is 16.5. The topological polar surface area (TPSA) is 51.2 Å². The number of ether oxygens (including phenoxy) is 1. The largest absolute Gasteiger partial charge is 0.465 e. The molecule has 2 heterocycles. The molecule has 0 spiro atoms. The van der Waals surface area contributed by atoms with Gasteiger partial charge in [-0.3, -0.25) is 4.98 Å².